The highest BCUT2D eigenvalue weighted by atomic mass is 16.3. The third kappa shape index (κ3) is 2.93. The first kappa shape index (κ1) is 14.5. The maximum absolute atomic E-state index is 8.80. The lowest BCUT2D eigenvalue weighted by Crippen LogP contribution is -2.36. The molecule has 0 fully saturated rings. The van der Waals surface area contributed by atoms with E-state index in [0.29, 0.717) is 16.9 Å². The molecule has 0 radical (unpaired) electrons. The highest BCUT2D eigenvalue weighted by Gasteiger charge is 2.42. The molecular formula is C29H35N2O+. The lowest BCUT2D eigenvalue weighted by atomic mass is 9.60. The van der Waals surface area contributed by atoms with Gasteiger partial charge in [0.2, 0.25) is 5.69 Å². The minimum Gasteiger partial charge on any atom is -0.453 e. The van der Waals surface area contributed by atoms with Crippen molar-refractivity contribution in [2.75, 3.05) is 0 Å². The fraction of sp³-hybridized carbons (Fsp3) is 0.448. The first-order chi connectivity index (χ1) is 17.8. The molecule has 32 heavy (non-hydrogen) atoms. The Morgan fingerprint density at radius 2 is 1.84 bits per heavy atom. The van der Waals surface area contributed by atoms with Crippen LogP contribution >= 0.6 is 0 Å². The Balaban J connectivity index is 1.97. The highest BCUT2D eigenvalue weighted by Crippen LogP contribution is 2.54. The van der Waals surface area contributed by atoms with Crippen molar-refractivity contribution in [3.05, 3.63) is 58.9 Å². The Hall–Kier alpha value is -2.68. The molecule has 3 heteroatoms. The van der Waals surface area contributed by atoms with Gasteiger partial charge in [0.15, 0.2) is 17.4 Å². The molecule has 1 aliphatic carbocycles. The van der Waals surface area contributed by atoms with Gasteiger partial charge >= 0.3 is 0 Å². The summed E-state index contributed by atoms with van der Waals surface area (Å²) >= 11 is 0. The second kappa shape index (κ2) is 6.91. The summed E-state index contributed by atoms with van der Waals surface area (Å²) in [6, 6.07) is 6.69. The van der Waals surface area contributed by atoms with Crippen LogP contribution in [0, 0.1) is 6.92 Å². The van der Waals surface area contributed by atoms with Gasteiger partial charge in [-0.15, -0.1) is 0 Å². The Kier molecular flexibility index (Phi) is 3.12. The van der Waals surface area contributed by atoms with Crippen LogP contribution in [-0.4, -0.2) is 4.98 Å². The van der Waals surface area contributed by atoms with Crippen molar-refractivity contribution in [1.82, 2.24) is 4.98 Å². The Bertz CT molecular complexity index is 1610. The molecule has 0 amide bonds. The largest absolute Gasteiger partial charge is 0.453 e. The maximum Gasteiger partial charge on any atom is 0.216 e. The number of benzene rings is 1. The molecule has 0 bridgehead atoms. The monoisotopic (exact) mass is 434 g/mol. The molecular weight excluding hydrogens is 392 g/mol. The van der Waals surface area contributed by atoms with Crippen LogP contribution in [0.2, 0.25) is 0 Å². The quantitative estimate of drug-likeness (QED) is 0.311. The van der Waals surface area contributed by atoms with Gasteiger partial charge < -0.3 is 4.42 Å². The molecule has 0 saturated heterocycles. The summed E-state index contributed by atoms with van der Waals surface area (Å²) in [5, 5.41) is 0.938. The van der Waals surface area contributed by atoms with E-state index in [9.17, 15) is 0 Å². The predicted molar refractivity (Wildman–Crippen MR) is 132 cm³/mol. The average molecular weight is 435 g/mol. The molecule has 1 aliphatic rings. The van der Waals surface area contributed by atoms with Gasteiger partial charge in [0.05, 0.1) is 10.9 Å². The molecule has 3 aromatic heterocycles. The maximum atomic E-state index is 8.80. The number of nitrogens with zero attached hydrogens (tertiary/aromatic N) is 2. The molecule has 3 nitrogen and oxygen atoms in total. The summed E-state index contributed by atoms with van der Waals surface area (Å²) < 4.78 is 65.3. The number of hydrogen-bond acceptors (Lipinski definition) is 2. The third-order valence-corrected chi connectivity index (χ3v) is 7.35. The van der Waals surface area contributed by atoms with Crippen LogP contribution in [0.5, 0.6) is 0 Å². The summed E-state index contributed by atoms with van der Waals surface area (Å²) in [5.74, 6) is -2.80. The second-order valence-corrected chi connectivity index (χ2v) is 10.5. The van der Waals surface area contributed by atoms with Crippen LogP contribution in [0.3, 0.4) is 0 Å². The molecule has 0 unspecified atom stereocenters. The van der Waals surface area contributed by atoms with E-state index in [1.807, 2.05) is 23.7 Å². The summed E-state index contributed by atoms with van der Waals surface area (Å²) in [7, 11) is 1.83. The van der Waals surface area contributed by atoms with Crippen LogP contribution in [0.25, 0.3) is 33.3 Å². The standard InChI is InChI=1S/C29H35N2O/c1-17(2)19-11-15-31(8)20(16-19)22-18(3)24-25(29(6,7)13-12-28(24,4)5)23-26-21(32-27(22)23)10-9-14-30-26/h9-11,14-17H,12-13H2,1-8H3/q+1/i1D3,2D3,17D. The van der Waals surface area contributed by atoms with Crippen molar-refractivity contribution in [2.45, 2.75) is 77.9 Å². The molecule has 0 N–H and O–H groups in total. The van der Waals surface area contributed by atoms with Gasteiger partial charge in [-0.1, -0.05) is 41.4 Å². The van der Waals surface area contributed by atoms with Crippen LogP contribution in [0.1, 0.15) is 92.0 Å². The topological polar surface area (TPSA) is 29.9 Å². The lowest BCUT2D eigenvalue weighted by Gasteiger charge is -2.43. The minimum absolute atomic E-state index is 0.0882. The van der Waals surface area contributed by atoms with E-state index >= 15 is 0 Å². The number of fused-ring (bicyclic) bond motifs is 5. The molecule has 0 spiro atoms. The molecule has 0 aliphatic heterocycles. The van der Waals surface area contributed by atoms with E-state index in [1.54, 1.807) is 18.5 Å². The lowest BCUT2D eigenvalue weighted by molar-refractivity contribution is -0.660. The number of pyridine rings is 2. The Morgan fingerprint density at radius 3 is 2.56 bits per heavy atom. The van der Waals surface area contributed by atoms with E-state index in [2.05, 4.69) is 34.6 Å². The SMILES string of the molecule is [2H]C([2H])([2H])C([2H])(c1cc[n+](C)c(-c2c(C)c3c(c4c2oc2cccnc24)C(C)(C)CCC3(C)C)c1)C([2H])([2H])[2H]. The van der Waals surface area contributed by atoms with Gasteiger partial charge in [-0.2, -0.15) is 0 Å². The summed E-state index contributed by atoms with van der Waals surface area (Å²) in [6.07, 6.45) is 5.38. The zero-order chi connectivity index (χ0) is 28.9. The fourth-order valence-electron chi connectivity index (χ4n) is 5.62. The Morgan fingerprint density at radius 1 is 1.12 bits per heavy atom. The van der Waals surface area contributed by atoms with E-state index < -0.39 is 19.6 Å². The number of aromatic nitrogens is 2. The van der Waals surface area contributed by atoms with Gasteiger partial charge in [-0.25, -0.2) is 4.57 Å². The van der Waals surface area contributed by atoms with Gasteiger partial charge in [-0.05, 0) is 70.9 Å². The minimum atomic E-state index is -3.08. The summed E-state index contributed by atoms with van der Waals surface area (Å²) in [5.41, 5.74) is 6.46. The summed E-state index contributed by atoms with van der Waals surface area (Å²) in [6.45, 7) is 4.90. The van der Waals surface area contributed by atoms with Crippen molar-refractivity contribution in [2.24, 2.45) is 7.05 Å². The van der Waals surface area contributed by atoms with Gasteiger partial charge in [0.1, 0.15) is 12.6 Å². The highest BCUT2D eigenvalue weighted by molar-refractivity contribution is 6.11. The third-order valence-electron chi connectivity index (χ3n) is 7.35. The predicted octanol–water partition coefficient (Wildman–Crippen LogP) is 7.25. The van der Waals surface area contributed by atoms with E-state index in [-0.39, 0.29) is 16.4 Å². The van der Waals surface area contributed by atoms with Crippen LogP contribution in [0.4, 0.5) is 0 Å². The molecule has 166 valence electrons. The molecule has 4 aromatic rings. The van der Waals surface area contributed by atoms with Crippen molar-refractivity contribution in [3.8, 4) is 11.3 Å². The van der Waals surface area contributed by atoms with E-state index in [0.717, 1.165) is 34.9 Å². The smallest absolute Gasteiger partial charge is 0.216 e. The average Bonchev–Trinajstić information content (AvgIpc) is 3.19. The molecule has 1 aromatic carbocycles. The number of hydrogen-bond donors (Lipinski definition) is 0. The first-order valence-corrected chi connectivity index (χ1v) is 11.2. The number of rotatable bonds is 2. The normalized spacial score (nSPS) is 21.6. The Labute approximate surface area is 201 Å². The van der Waals surface area contributed by atoms with E-state index in [1.165, 1.54) is 17.2 Å². The van der Waals surface area contributed by atoms with E-state index in [4.69, 9.17) is 19.0 Å². The van der Waals surface area contributed by atoms with Crippen molar-refractivity contribution in [3.63, 3.8) is 0 Å². The first-order valence-electron chi connectivity index (χ1n) is 14.7. The fourth-order valence-corrected chi connectivity index (χ4v) is 5.62. The zero-order valence-electron chi connectivity index (χ0n) is 26.7. The van der Waals surface area contributed by atoms with Crippen molar-refractivity contribution < 1.29 is 18.6 Å². The van der Waals surface area contributed by atoms with Crippen LogP contribution in [0.15, 0.2) is 41.1 Å². The number of aryl methyl sites for hydroxylation is 1. The molecule has 5 rings (SSSR count). The molecule has 0 saturated carbocycles. The summed E-state index contributed by atoms with van der Waals surface area (Å²) in [4.78, 5) is 4.72. The van der Waals surface area contributed by atoms with Gasteiger partial charge in [-0.3, -0.25) is 4.98 Å². The van der Waals surface area contributed by atoms with Gasteiger partial charge in [0.25, 0.3) is 0 Å². The molecule has 3 heterocycles. The van der Waals surface area contributed by atoms with Crippen LogP contribution < -0.4 is 4.57 Å². The van der Waals surface area contributed by atoms with Crippen molar-refractivity contribution in [1.29, 1.82) is 0 Å². The zero-order valence-corrected chi connectivity index (χ0v) is 19.7. The molecule has 0 atom stereocenters. The second-order valence-electron chi connectivity index (χ2n) is 10.5. The number of furan rings is 1. The van der Waals surface area contributed by atoms with Crippen LogP contribution in [-0.2, 0) is 17.9 Å². The van der Waals surface area contributed by atoms with Crippen molar-refractivity contribution >= 4 is 22.1 Å². The van der Waals surface area contributed by atoms with Gasteiger partial charge in [0, 0.05) is 27.9 Å².